The molecule has 0 saturated carbocycles. The second-order valence-corrected chi connectivity index (χ2v) is 4.36. The summed E-state index contributed by atoms with van der Waals surface area (Å²) in [6.45, 7) is 0. The molecular formula is C12H12BrN. The number of anilines is 1. The van der Waals surface area contributed by atoms with Crippen LogP contribution in [0.5, 0.6) is 0 Å². The number of hydrogen-bond acceptors (Lipinski definition) is 1. The third-order valence-electron chi connectivity index (χ3n) is 2.33. The maximum atomic E-state index is 3.56. The first-order chi connectivity index (χ1) is 6.70. The SMILES string of the molecule is CN(C)c1ccc(Br)c2ccccc12. The highest BCUT2D eigenvalue weighted by molar-refractivity contribution is 9.10. The van der Waals surface area contributed by atoms with Crippen molar-refractivity contribution in [3.8, 4) is 0 Å². The van der Waals surface area contributed by atoms with Crippen LogP contribution in [0.15, 0.2) is 40.9 Å². The van der Waals surface area contributed by atoms with E-state index in [1.807, 2.05) is 0 Å². The van der Waals surface area contributed by atoms with Crippen molar-refractivity contribution in [2.24, 2.45) is 0 Å². The summed E-state index contributed by atoms with van der Waals surface area (Å²) in [6.07, 6.45) is 0. The van der Waals surface area contributed by atoms with Crippen LogP contribution < -0.4 is 4.90 Å². The first-order valence-corrected chi connectivity index (χ1v) is 5.34. The molecular weight excluding hydrogens is 238 g/mol. The molecule has 0 heterocycles. The quantitative estimate of drug-likeness (QED) is 0.746. The molecule has 0 spiro atoms. The van der Waals surface area contributed by atoms with Gasteiger partial charge in [-0.1, -0.05) is 40.2 Å². The van der Waals surface area contributed by atoms with Gasteiger partial charge >= 0.3 is 0 Å². The molecule has 0 aliphatic carbocycles. The van der Waals surface area contributed by atoms with Crippen LogP contribution in [-0.4, -0.2) is 14.1 Å². The van der Waals surface area contributed by atoms with Crippen LogP contribution in [0.1, 0.15) is 0 Å². The molecule has 2 aromatic carbocycles. The lowest BCUT2D eigenvalue weighted by atomic mass is 10.1. The fraction of sp³-hybridized carbons (Fsp3) is 0.167. The maximum Gasteiger partial charge on any atom is 0.0441 e. The minimum Gasteiger partial charge on any atom is -0.377 e. The average Bonchev–Trinajstić information content (AvgIpc) is 2.18. The van der Waals surface area contributed by atoms with E-state index < -0.39 is 0 Å². The molecule has 0 unspecified atom stereocenters. The molecule has 0 aromatic heterocycles. The van der Waals surface area contributed by atoms with E-state index in [-0.39, 0.29) is 0 Å². The van der Waals surface area contributed by atoms with Crippen molar-refractivity contribution in [2.45, 2.75) is 0 Å². The summed E-state index contributed by atoms with van der Waals surface area (Å²) in [5.74, 6) is 0. The Morgan fingerprint density at radius 2 is 1.57 bits per heavy atom. The van der Waals surface area contributed by atoms with E-state index in [0.717, 1.165) is 4.47 Å². The van der Waals surface area contributed by atoms with Crippen LogP contribution in [0.3, 0.4) is 0 Å². The van der Waals surface area contributed by atoms with Gasteiger partial charge in [-0.15, -0.1) is 0 Å². The molecule has 72 valence electrons. The van der Waals surface area contributed by atoms with Gasteiger partial charge in [0.25, 0.3) is 0 Å². The zero-order valence-corrected chi connectivity index (χ0v) is 9.88. The number of nitrogens with zero attached hydrogens (tertiary/aromatic N) is 1. The molecule has 2 aromatic rings. The van der Waals surface area contributed by atoms with Gasteiger partial charge in [0.05, 0.1) is 0 Å². The number of benzene rings is 2. The van der Waals surface area contributed by atoms with Crippen molar-refractivity contribution >= 4 is 32.4 Å². The van der Waals surface area contributed by atoms with Gasteiger partial charge in [-0.2, -0.15) is 0 Å². The van der Waals surface area contributed by atoms with Crippen LogP contribution in [0.4, 0.5) is 5.69 Å². The Bertz CT molecular complexity index is 463. The van der Waals surface area contributed by atoms with Crippen LogP contribution in [0.2, 0.25) is 0 Å². The first kappa shape index (κ1) is 9.53. The lowest BCUT2D eigenvalue weighted by Crippen LogP contribution is -2.08. The zero-order chi connectivity index (χ0) is 10.1. The monoisotopic (exact) mass is 249 g/mol. The van der Waals surface area contributed by atoms with Gasteiger partial charge in [-0.25, -0.2) is 0 Å². The zero-order valence-electron chi connectivity index (χ0n) is 8.29. The number of hydrogen-bond donors (Lipinski definition) is 0. The third-order valence-corrected chi connectivity index (χ3v) is 3.02. The second-order valence-electron chi connectivity index (χ2n) is 3.51. The van der Waals surface area contributed by atoms with Gasteiger partial charge in [-0.05, 0) is 17.5 Å². The molecule has 0 atom stereocenters. The normalized spacial score (nSPS) is 10.5. The van der Waals surface area contributed by atoms with Crippen molar-refractivity contribution in [3.63, 3.8) is 0 Å². The van der Waals surface area contributed by atoms with Crippen molar-refractivity contribution in [2.75, 3.05) is 19.0 Å². The van der Waals surface area contributed by atoms with Crippen molar-refractivity contribution in [1.82, 2.24) is 0 Å². The summed E-state index contributed by atoms with van der Waals surface area (Å²) in [5, 5.41) is 2.55. The molecule has 0 aliphatic rings. The molecule has 0 fully saturated rings. The van der Waals surface area contributed by atoms with E-state index in [1.165, 1.54) is 16.5 Å². The largest absolute Gasteiger partial charge is 0.377 e. The summed E-state index contributed by atoms with van der Waals surface area (Å²) >= 11 is 3.56. The summed E-state index contributed by atoms with van der Waals surface area (Å²) in [5.41, 5.74) is 1.25. The summed E-state index contributed by atoms with van der Waals surface area (Å²) in [7, 11) is 4.13. The summed E-state index contributed by atoms with van der Waals surface area (Å²) in [4.78, 5) is 2.13. The Hall–Kier alpha value is -1.02. The fourth-order valence-electron chi connectivity index (χ4n) is 1.64. The van der Waals surface area contributed by atoms with Crippen LogP contribution in [0.25, 0.3) is 10.8 Å². The Morgan fingerprint density at radius 3 is 2.21 bits per heavy atom. The minimum atomic E-state index is 1.15. The number of fused-ring (bicyclic) bond motifs is 1. The molecule has 2 rings (SSSR count). The second kappa shape index (κ2) is 3.62. The summed E-state index contributed by atoms with van der Waals surface area (Å²) < 4.78 is 1.15. The molecule has 0 aliphatic heterocycles. The van der Waals surface area contributed by atoms with Gasteiger partial charge in [0, 0.05) is 29.6 Å². The van der Waals surface area contributed by atoms with Crippen molar-refractivity contribution in [3.05, 3.63) is 40.9 Å². The van der Waals surface area contributed by atoms with Crippen molar-refractivity contribution < 1.29 is 0 Å². The molecule has 14 heavy (non-hydrogen) atoms. The topological polar surface area (TPSA) is 3.24 Å². The Kier molecular flexibility index (Phi) is 2.46. The van der Waals surface area contributed by atoms with Crippen LogP contribution in [0, 0.1) is 0 Å². The van der Waals surface area contributed by atoms with E-state index in [0.29, 0.717) is 0 Å². The molecule has 1 nitrogen and oxygen atoms in total. The third kappa shape index (κ3) is 1.50. The van der Waals surface area contributed by atoms with E-state index in [9.17, 15) is 0 Å². The smallest absolute Gasteiger partial charge is 0.0441 e. The first-order valence-electron chi connectivity index (χ1n) is 4.55. The Balaban J connectivity index is 2.82. The van der Waals surface area contributed by atoms with E-state index in [4.69, 9.17) is 0 Å². The molecule has 0 bridgehead atoms. The Morgan fingerprint density at radius 1 is 0.929 bits per heavy atom. The van der Waals surface area contributed by atoms with Gasteiger partial charge in [-0.3, -0.25) is 0 Å². The number of rotatable bonds is 1. The minimum absolute atomic E-state index is 1.15. The van der Waals surface area contributed by atoms with Gasteiger partial charge in [0.15, 0.2) is 0 Å². The van der Waals surface area contributed by atoms with Gasteiger partial charge < -0.3 is 4.90 Å². The molecule has 2 heteroatoms. The lowest BCUT2D eigenvalue weighted by Gasteiger charge is -2.15. The predicted octanol–water partition coefficient (Wildman–Crippen LogP) is 3.67. The van der Waals surface area contributed by atoms with E-state index in [1.54, 1.807) is 0 Å². The lowest BCUT2D eigenvalue weighted by molar-refractivity contribution is 1.14. The van der Waals surface area contributed by atoms with E-state index in [2.05, 4.69) is 71.3 Å². The highest BCUT2D eigenvalue weighted by Crippen LogP contribution is 2.30. The van der Waals surface area contributed by atoms with Crippen molar-refractivity contribution in [1.29, 1.82) is 0 Å². The van der Waals surface area contributed by atoms with Crippen LogP contribution in [-0.2, 0) is 0 Å². The molecule has 0 amide bonds. The predicted molar refractivity (Wildman–Crippen MR) is 66.0 cm³/mol. The Labute approximate surface area is 92.5 Å². The maximum absolute atomic E-state index is 3.56. The molecule has 0 radical (unpaired) electrons. The highest BCUT2D eigenvalue weighted by atomic mass is 79.9. The standard InChI is InChI=1S/C12H12BrN/c1-14(2)12-8-7-11(13)9-5-3-4-6-10(9)12/h3-8H,1-2H3. The fourth-order valence-corrected chi connectivity index (χ4v) is 2.11. The average molecular weight is 250 g/mol. The molecule has 0 saturated heterocycles. The van der Waals surface area contributed by atoms with Gasteiger partial charge in [0.2, 0.25) is 0 Å². The highest BCUT2D eigenvalue weighted by Gasteiger charge is 2.04. The van der Waals surface area contributed by atoms with E-state index >= 15 is 0 Å². The van der Waals surface area contributed by atoms with Gasteiger partial charge in [0.1, 0.15) is 0 Å². The summed E-state index contributed by atoms with van der Waals surface area (Å²) in [6, 6.07) is 12.6. The molecule has 0 N–H and O–H groups in total. The number of halogens is 1. The van der Waals surface area contributed by atoms with Crippen LogP contribution >= 0.6 is 15.9 Å².